The van der Waals surface area contributed by atoms with Gasteiger partial charge in [0.1, 0.15) is 0 Å². The van der Waals surface area contributed by atoms with Crippen LogP contribution in [0.5, 0.6) is 0 Å². The Morgan fingerprint density at radius 1 is 1.03 bits per heavy atom. The number of nitrogens with zero attached hydrogens (tertiary/aromatic N) is 3. The Balaban J connectivity index is 1.19. The highest BCUT2D eigenvalue weighted by Crippen LogP contribution is 2.26. The van der Waals surface area contributed by atoms with Crippen molar-refractivity contribution in [2.45, 2.75) is 32.4 Å². The summed E-state index contributed by atoms with van der Waals surface area (Å²) in [5.41, 5.74) is 4.28. The Hall–Kier alpha value is -3.29. The number of carbonyl (C=O) groups is 1. The quantitative estimate of drug-likeness (QED) is 0.312. The van der Waals surface area contributed by atoms with Crippen LogP contribution in [0, 0.1) is 12.8 Å². The molecule has 1 aliphatic rings. The van der Waals surface area contributed by atoms with Crippen LogP contribution in [0.3, 0.4) is 0 Å². The number of hydrogen-bond donors (Lipinski definition) is 1. The van der Waals surface area contributed by atoms with Gasteiger partial charge in [0.05, 0.1) is 12.6 Å². The fourth-order valence-electron chi connectivity index (χ4n) is 4.72. The summed E-state index contributed by atoms with van der Waals surface area (Å²) in [4.78, 5) is 20.2. The van der Waals surface area contributed by atoms with Crippen LogP contribution >= 0.6 is 15.9 Å². The van der Waals surface area contributed by atoms with E-state index in [1.54, 1.807) is 0 Å². The molecule has 4 aromatic rings. The number of rotatable bonds is 7. The molecule has 0 spiro atoms. The zero-order chi connectivity index (χ0) is 24.9. The molecule has 1 aromatic heterocycles. The summed E-state index contributed by atoms with van der Waals surface area (Å²) in [7, 11) is 0. The number of amides is 1. The highest BCUT2D eigenvalue weighted by molar-refractivity contribution is 9.10. The van der Waals surface area contributed by atoms with Gasteiger partial charge in [0, 0.05) is 16.0 Å². The molecular weight excluding hydrogens is 516 g/mol. The van der Waals surface area contributed by atoms with Gasteiger partial charge in [-0.05, 0) is 56.1 Å². The number of benzene rings is 3. The summed E-state index contributed by atoms with van der Waals surface area (Å²) in [6.45, 7) is 4.29. The van der Waals surface area contributed by atoms with Crippen molar-refractivity contribution in [2.75, 3.05) is 13.1 Å². The van der Waals surface area contributed by atoms with E-state index in [0.29, 0.717) is 18.3 Å². The van der Waals surface area contributed by atoms with E-state index in [4.69, 9.17) is 4.52 Å². The minimum atomic E-state index is -0.161. The molecule has 1 saturated heterocycles. The molecule has 184 valence electrons. The van der Waals surface area contributed by atoms with Crippen molar-refractivity contribution in [2.24, 2.45) is 5.92 Å². The molecule has 3 aromatic carbocycles. The third-order valence-corrected chi connectivity index (χ3v) is 7.16. The monoisotopic (exact) mass is 544 g/mol. The maximum absolute atomic E-state index is 13.3. The molecule has 1 amide bonds. The van der Waals surface area contributed by atoms with Crippen molar-refractivity contribution in [3.8, 4) is 11.4 Å². The van der Waals surface area contributed by atoms with E-state index in [0.717, 1.165) is 47.1 Å². The van der Waals surface area contributed by atoms with E-state index in [-0.39, 0.29) is 17.9 Å². The Bertz CT molecular complexity index is 1320. The van der Waals surface area contributed by atoms with Crippen LogP contribution in [-0.4, -0.2) is 34.0 Å². The van der Waals surface area contributed by atoms with Crippen LogP contribution in [0.2, 0.25) is 0 Å². The number of nitrogens with one attached hydrogen (secondary N) is 1. The number of hydrogen-bond acceptors (Lipinski definition) is 5. The standard InChI is InChI=1S/C29H29BrN4O2/c1-20-7-5-10-23(17-20)27(21-8-3-2-4-9-21)32-29(35)22-13-15-34(16-14-22)19-26-31-28(33-36-26)24-11-6-12-25(30)18-24/h2-12,17-18,22,27H,13-16,19H2,1H3,(H,32,35). The van der Waals surface area contributed by atoms with E-state index in [1.807, 2.05) is 48.5 Å². The first kappa shape index (κ1) is 24.4. The zero-order valence-electron chi connectivity index (χ0n) is 20.2. The van der Waals surface area contributed by atoms with E-state index in [1.165, 1.54) is 5.56 Å². The lowest BCUT2D eigenvalue weighted by Crippen LogP contribution is -2.41. The van der Waals surface area contributed by atoms with Gasteiger partial charge >= 0.3 is 0 Å². The molecule has 0 aliphatic carbocycles. The van der Waals surface area contributed by atoms with Gasteiger partial charge in [-0.3, -0.25) is 9.69 Å². The van der Waals surface area contributed by atoms with Crippen molar-refractivity contribution in [1.29, 1.82) is 0 Å². The average molecular weight is 545 g/mol. The van der Waals surface area contributed by atoms with Crippen LogP contribution in [0.15, 0.2) is 87.9 Å². The lowest BCUT2D eigenvalue weighted by molar-refractivity contribution is -0.127. The molecule has 1 atom stereocenters. The predicted octanol–water partition coefficient (Wildman–Crippen LogP) is 5.93. The minimum absolute atomic E-state index is 0.0165. The maximum Gasteiger partial charge on any atom is 0.241 e. The Morgan fingerprint density at radius 2 is 1.78 bits per heavy atom. The zero-order valence-corrected chi connectivity index (χ0v) is 21.8. The first-order chi connectivity index (χ1) is 17.5. The van der Waals surface area contributed by atoms with Crippen LogP contribution in [-0.2, 0) is 11.3 Å². The molecule has 0 bridgehead atoms. The maximum atomic E-state index is 13.3. The summed E-state index contributed by atoms with van der Waals surface area (Å²) in [5, 5.41) is 7.47. The fraction of sp³-hybridized carbons (Fsp3) is 0.276. The largest absolute Gasteiger partial charge is 0.345 e. The summed E-state index contributed by atoms with van der Waals surface area (Å²) in [6, 6.07) is 26.2. The molecular formula is C29H29BrN4O2. The van der Waals surface area contributed by atoms with Gasteiger partial charge in [-0.25, -0.2) is 0 Å². The lowest BCUT2D eigenvalue weighted by atomic mass is 9.93. The van der Waals surface area contributed by atoms with Crippen LogP contribution in [0.4, 0.5) is 0 Å². The van der Waals surface area contributed by atoms with Gasteiger partial charge < -0.3 is 9.84 Å². The van der Waals surface area contributed by atoms with Crippen LogP contribution < -0.4 is 5.32 Å². The third kappa shape index (κ3) is 5.91. The van der Waals surface area contributed by atoms with Gasteiger partial charge in [-0.1, -0.05) is 93.4 Å². The number of carbonyl (C=O) groups excluding carboxylic acids is 1. The van der Waals surface area contributed by atoms with Gasteiger partial charge in [0.15, 0.2) is 0 Å². The summed E-state index contributed by atoms with van der Waals surface area (Å²) in [5.74, 6) is 1.28. The predicted molar refractivity (Wildman–Crippen MR) is 143 cm³/mol. The van der Waals surface area contributed by atoms with E-state index < -0.39 is 0 Å². The van der Waals surface area contributed by atoms with E-state index in [2.05, 4.69) is 73.5 Å². The molecule has 36 heavy (non-hydrogen) atoms. The molecule has 5 rings (SSSR count). The third-order valence-electron chi connectivity index (χ3n) is 6.66. The number of likely N-dealkylation sites (tertiary alicyclic amines) is 1. The molecule has 1 N–H and O–H groups in total. The summed E-state index contributed by atoms with van der Waals surface area (Å²) >= 11 is 3.48. The molecule has 0 radical (unpaired) electrons. The topological polar surface area (TPSA) is 71.3 Å². The number of aryl methyl sites for hydroxylation is 1. The van der Waals surface area contributed by atoms with Gasteiger partial charge in [0.2, 0.25) is 17.6 Å². The number of piperidine rings is 1. The normalized spacial score (nSPS) is 15.5. The molecule has 1 fully saturated rings. The molecule has 6 nitrogen and oxygen atoms in total. The molecule has 1 aliphatic heterocycles. The number of halogens is 1. The lowest BCUT2D eigenvalue weighted by Gasteiger charge is -2.31. The van der Waals surface area contributed by atoms with Crippen molar-refractivity contribution in [3.05, 3.63) is 106 Å². The van der Waals surface area contributed by atoms with E-state index >= 15 is 0 Å². The Morgan fingerprint density at radius 3 is 2.53 bits per heavy atom. The smallest absolute Gasteiger partial charge is 0.241 e. The second-order valence-corrected chi connectivity index (χ2v) is 10.3. The first-order valence-electron chi connectivity index (χ1n) is 12.3. The Labute approximate surface area is 219 Å². The average Bonchev–Trinajstić information content (AvgIpc) is 3.36. The summed E-state index contributed by atoms with van der Waals surface area (Å²) < 4.78 is 6.47. The minimum Gasteiger partial charge on any atom is -0.345 e. The van der Waals surface area contributed by atoms with E-state index in [9.17, 15) is 4.79 Å². The van der Waals surface area contributed by atoms with Crippen molar-refractivity contribution in [3.63, 3.8) is 0 Å². The van der Waals surface area contributed by atoms with Crippen molar-refractivity contribution in [1.82, 2.24) is 20.4 Å². The molecule has 0 saturated carbocycles. The molecule has 2 heterocycles. The SMILES string of the molecule is Cc1cccc(C(NC(=O)C2CCN(Cc3nc(-c4cccc(Br)c4)no3)CC2)c2ccccc2)c1. The molecule has 7 heteroatoms. The van der Waals surface area contributed by atoms with Gasteiger partial charge in [-0.2, -0.15) is 4.98 Å². The van der Waals surface area contributed by atoms with Crippen LogP contribution in [0.1, 0.15) is 41.5 Å². The van der Waals surface area contributed by atoms with Crippen LogP contribution in [0.25, 0.3) is 11.4 Å². The fourth-order valence-corrected chi connectivity index (χ4v) is 5.12. The van der Waals surface area contributed by atoms with Crippen molar-refractivity contribution >= 4 is 21.8 Å². The summed E-state index contributed by atoms with van der Waals surface area (Å²) in [6.07, 6.45) is 1.60. The Kier molecular flexibility index (Phi) is 7.58. The first-order valence-corrected chi connectivity index (χ1v) is 13.1. The van der Waals surface area contributed by atoms with Gasteiger partial charge in [-0.15, -0.1) is 0 Å². The highest BCUT2D eigenvalue weighted by Gasteiger charge is 2.28. The van der Waals surface area contributed by atoms with Gasteiger partial charge in [0.25, 0.3) is 0 Å². The second kappa shape index (κ2) is 11.2. The van der Waals surface area contributed by atoms with Crippen molar-refractivity contribution < 1.29 is 9.32 Å². The molecule has 1 unspecified atom stereocenters. The number of aromatic nitrogens is 2. The second-order valence-electron chi connectivity index (χ2n) is 9.34. The highest BCUT2D eigenvalue weighted by atomic mass is 79.9.